The molecule has 2 heterocycles. The third-order valence-electron chi connectivity index (χ3n) is 4.17. The van der Waals surface area contributed by atoms with Crippen molar-refractivity contribution in [1.82, 2.24) is 10.2 Å². The predicted octanol–water partition coefficient (Wildman–Crippen LogP) is 5.16. The number of halogens is 3. The molecule has 4 aromatic rings. The number of alkyl halides is 3. The number of benzene rings is 2. The van der Waals surface area contributed by atoms with E-state index in [2.05, 4.69) is 20.3 Å². The highest BCUT2D eigenvalue weighted by Gasteiger charge is 2.31. The number of nitrogens with zero attached hydrogens (tertiary/aromatic N) is 2. The summed E-state index contributed by atoms with van der Waals surface area (Å²) in [5, 5.41) is 10.5. The van der Waals surface area contributed by atoms with Gasteiger partial charge in [0.1, 0.15) is 11.5 Å². The number of hydrogen-bond acceptors (Lipinski definition) is 7. The van der Waals surface area contributed by atoms with Gasteiger partial charge in [0.15, 0.2) is 5.76 Å². The predicted molar refractivity (Wildman–Crippen MR) is 105 cm³/mol. The van der Waals surface area contributed by atoms with Crippen molar-refractivity contribution in [3.63, 3.8) is 0 Å². The molecule has 0 aliphatic heterocycles. The summed E-state index contributed by atoms with van der Waals surface area (Å²) >= 11 is 0. The highest BCUT2D eigenvalue weighted by molar-refractivity contribution is 6.06. The number of anilines is 1. The molecule has 0 aliphatic rings. The maximum absolute atomic E-state index is 12.7. The zero-order valence-corrected chi connectivity index (χ0v) is 16.3. The highest BCUT2D eigenvalue weighted by atomic mass is 19.4. The van der Waals surface area contributed by atoms with Crippen LogP contribution < -0.4 is 14.8 Å². The van der Waals surface area contributed by atoms with Gasteiger partial charge >= 0.3 is 6.36 Å². The van der Waals surface area contributed by atoms with Gasteiger partial charge in [0.05, 0.1) is 18.9 Å². The van der Waals surface area contributed by atoms with Crippen LogP contribution in [0.2, 0.25) is 0 Å². The topological polar surface area (TPSA) is 99.6 Å². The van der Waals surface area contributed by atoms with Crippen molar-refractivity contribution in [1.29, 1.82) is 0 Å². The molecule has 0 radical (unpaired) electrons. The second kappa shape index (κ2) is 8.46. The molecule has 1 N–H and O–H groups in total. The molecule has 164 valence electrons. The monoisotopic (exact) mass is 445 g/mol. The van der Waals surface area contributed by atoms with E-state index in [1.54, 1.807) is 36.4 Å². The SMILES string of the molecule is COc1ccc(OC(F)(F)F)cc1C(=O)Nc1cccc(-c2nnc(-c3ccco3)o2)c1. The van der Waals surface area contributed by atoms with E-state index < -0.39 is 18.0 Å². The van der Waals surface area contributed by atoms with Crippen LogP contribution in [0, 0.1) is 0 Å². The summed E-state index contributed by atoms with van der Waals surface area (Å²) < 4.78 is 57.3. The number of hydrogen-bond donors (Lipinski definition) is 1. The molecule has 1 amide bonds. The lowest BCUT2D eigenvalue weighted by Gasteiger charge is -2.13. The van der Waals surface area contributed by atoms with Gasteiger partial charge in [0.25, 0.3) is 11.8 Å². The lowest BCUT2D eigenvalue weighted by molar-refractivity contribution is -0.274. The average Bonchev–Trinajstić information content (AvgIpc) is 3.44. The first kappa shape index (κ1) is 21.0. The van der Waals surface area contributed by atoms with Crippen molar-refractivity contribution >= 4 is 11.6 Å². The van der Waals surface area contributed by atoms with Gasteiger partial charge < -0.3 is 23.6 Å². The number of carbonyl (C=O) groups is 1. The van der Waals surface area contributed by atoms with E-state index in [0.717, 1.165) is 12.1 Å². The van der Waals surface area contributed by atoms with Gasteiger partial charge in [-0.2, -0.15) is 0 Å². The first-order valence-corrected chi connectivity index (χ1v) is 9.05. The molecule has 2 aromatic carbocycles. The summed E-state index contributed by atoms with van der Waals surface area (Å²) in [6.45, 7) is 0. The quantitative estimate of drug-likeness (QED) is 0.438. The molecule has 0 unspecified atom stereocenters. The van der Waals surface area contributed by atoms with E-state index >= 15 is 0 Å². The number of aromatic nitrogens is 2. The lowest BCUT2D eigenvalue weighted by atomic mass is 10.1. The number of ether oxygens (including phenoxy) is 2. The minimum absolute atomic E-state index is 0.0770. The molecular formula is C21H14F3N3O5. The Morgan fingerprint density at radius 1 is 1.03 bits per heavy atom. The molecule has 32 heavy (non-hydrogen) atoms. The van der Waals surface area contributed by atoms with Gasteiger partial charge in [0.2, 0.25) is 5.89 Å². The Bertz CT molecular complexity index is 1240. The van der Waals surface area contributed by atoms with Crippen LogP contribution in [0.5, 0.6) is 11.5 Å². The summed E-state index contributed by atoms with van der Waals surface area (Å²) in [6, 6.07) is 13.0. The zero-order valence-electron chi connectivity index (χ0n) is 16.3. The van der Waals surface area contributed by atoms with Gasteiger partial charge in [0, 0.05) is 11.3 Å². The molecule has 4 rings (SSSR count). The Kier molecular flexibility index (Phi) is 5.54. The fourth-order valence-electron chi connectivity index (χ4n) is 2.83. The van der Waals surface area contributed by atoms with Gasteiger partial charge in [-0.05, 0) is 48.5 Å². The van der Waals surface area contributed by atoms with Crippen LogP contribution in [-0.4, -0.2) is 29.6 Å². The second-order valence-electron chi connectivity index (χ2n) is 6.33. The van der Waals surface area contributed by atoms with Gasteiger partial charge in [-0.3, -0.25) is 4.79 Å². The average molecular weight is 445 g/mol. The van der Waals surface area contributed by atoms with Crippen molar-refractivity contribution < 1.29 is 36.3 Å². The first-order chi connectivity index (χ1) is 15.3. The molecule has 0 spiro atoms. The van der Waals surface area contributed by atoms with Gasteiger partial charge in [-0.1, -0.05) is 6.07 Å². The fraction of sp³-hybridized carbons (Fsp3) is 0.0952. The first-order valence-electron chi connectivity index (χ1n) is 9.05. The Hall–Kier alpha value is -4.28. The highest BCUT2D eigenvalue weighted by Crippen LogP contribution is 2.30. The number of furan rings is 1. The summed E-state index contributed by atoms with van der Waals surface area (Å²) in [5.74, 6) is -0.396. The molecule has 11 heteroatoms. The normalized spacial score (nSPS) is 11.2. The molecule has 0 fully saturated rings. The maximum atomic E-state index is 12.7. The van der Waals surface area contributed by atoms with Crippen LogP contribution in [0.3, 0.4) is 0 Å². The van der Waals surface area contributed by atoms with E-state index in [4.69, 9.17) is 13.6 Å². The third kappa shape index (κ3) is 4.72. The minimum atomic E-state index is -4.89. The van der Waals surface area contributed by atoms with E-state index in [0.29, 0.717) is 17.0 Å². The van der Waals surface area contributed by atoms with Crippen molar-refractivity contribution in [3.8, 4) is 34.6 Å². The molecule has 2 aromatic heterocycles. The fourth-order valence-corrected chi connectivity index (χ4v) is 2.83. The second-order valence-corrected chi connectivity index (χ2v) is 6.33. The number of amides is 1. The molecule has 0 saturated heterocycles. The minimum Gasteiger partial charge on any atom is -0.496 e. The Balaban J connectivity index is 1.56. The molecular weight excluding hydrogens is 431 g/mol. The van der Waals surface area contributed by atoms with Crippen LogP contribution in [-0.2, 0) is 0 Å². The third-order valence-corrected chi connectivity index (χ3v) is 4.17. The summed E-state index contributed by atoms with van der Waals surface area (Å²) in [6.07, 6.45) is -3.42. The molecule has 8 nitrogen and oxygen atoms in total. The molecule has 0 aliphatic carbocycles. The molecule has 0 saturated carbocycles. The van der Waals surface area contributed by atoms with Crippen molar-refractivity contribution in [2.24, 2.45) is 0 Å². The Labute approximate surface area is 178 Å². The van der Waals surface area contributed by atoms with Crippen molar-refractivity contribution in [2.45, 2.75) is 6.36 Å². The number of rotatable bonds is 6. The van der Waals surface area contributed by atoms with Crippen LogP contribution in [0.4, 0.5) is 18.9 Å². The largest absolute Gasteiger partial charge is 0.573 e. The number of nitrogens with one attached hydrogen (secondary N) is 1. The van der Waals surface area contributed by atoms with E-state index in [1.165, 1.54) is 19.4 Å². The molecule has 0 atom stereocenters. The lowest BCUT2D eigenvalue weighted by Crippen LogP contribution is -2.18. The smallest absolute Gasteiger partial charge is 0.496 e. The van der Waals surface area contributed by atoms with Crippen molar-refractivity contribution in [2.75, 3.05) is 12.4 Å². The Morgan fingerprint density at radius 3 is 2.56 bits per heavy atom. The summed E-state index contributed by atoms with van der Waals surface area (Å²) in [5.41, 5.74) is 0.709. The van der Waals surface area contributed by atoms with Gasteiger partial charge in [-0.25, -0.2) is 0 Å². The Morgan fingerprint density at radius 2 is 1.84 bits per heavy atom. The summed E-state index contributed by atoms with van der Waals surface area (Å²) in [4.78, 5) is 12.7. The maximum Gasteiger partial charge on any atom is 0.573 e. The van der Waals surface area contributed by atoms with Crippen LogP contribution >= 0.6 is 0 Å². The van der Waals surface area contributed by atoms with Crippen LogP contribution in [0.25, 0.3) is 23.1 Å². The standard InChI is InChI=1S/C21H14F3N3O5/c1-29-16-8-7-14(32-21(22,23)24)11-15(16)18(28)25-13-5-2-4-12(10-13)19-26-27-20(31-19)17-6-3-9-30-17/h2-11H,1H3,(H,25,28). The van der Waals surface area contributed by atoms with E-state index in [1.807, 2.05) is 0 Å². The number of carbonyl (C=O) groups excluding carboxylic acids is 1. The number of methoxy groups -OCH3 is 1. The van der Waals surface area contributed by atoms with E-state index in [9.17, 15) is 18.0 Å². The zero-order chi connectivity index (χ0) is 22.7. The molecule has 0 bridgehead atoms. The van der Waals surface area contributed by atoms with Crippen molar-refractivity contribution in [3.05, 3.63) is 66.4 Å². The van der Waals surface area contributed by atoms with Gasteiger partial charge in [-0.15, -0.1) is 23.4 Å². The summed E-state index contributed by atoms with van der Waals surface area (Å²) in [7, 11) is 1.29. The van der Waals surface area contributed by atoms with E-state index in [-0.39, 0.29) is 23.1 Å². The van der Waals surface area contributed by atoms with Crippen LogP contribution in [0.15, 0.2) is 69.7 Å². The van der Waals surface area contributed by atoms with Crippen LogP contribution in [0.1, 0.15) is 10.4 Å².